The van der Waals surface area contributed by atoms with Crippen molar-refractivity contribution in [1.82, 2.24) is 4.98 Å². The lowest BCUT2D eigenvalue weighted by Crippen LogP contribution is -2.12. The molecular formula is C12H16FN3O. The molecule has 4 nitrogen and oxygen atoms in total. The van der Waals surface area contributed by atoms with Gasteiger partial charge >= 0.3 is 0 Å². The monoisotopic (exact) mass is 237 g/mol. The molecule has 0 fully saturated rings. The lowest BCUT2D eigenvalue weighted by Gasteiger charge is -2.01. The maximum absolute atomic E-state index is 13.2. The van der Waals surface area contributed by atoms with Crippen molar-refractivity contribution >= 4 is 5.84 Å². The van der Waals surface area contributed by atoms with Gasteiger partial charge in [-0.3, -0.25) is 4.99 Å². The van der Waals surface area contributed by atoms with E-state index in [1.807, 2.05) is 13.0 Å². The van der Waals surface area contributed by atoms with Crippen LogP contribution < -0.4 is 10.5 Å². The van der Waals surface area contributed by atoms with Crippen LogP contribution in [-0.4, -0.2) is 17.9 Å². The van der Waals surface area contributed by atoms with Gasteiger partial charge in [0.25, 0.3) is 0 Å². The SMILES string of the molecule is CCC=C(F)C(N)=NCc1ccc(OC)nc1. The standard InChI is InChI=1S/C12H16FN3O/c1-3-4-10(13)12(14)16-8-9-5-6-11(17-2)15-7-9/h4-7H,3,8H2,1-2H3,(H2,14,16). The Labute approximate surface area is 100 Å². The molecule has 92 valence electrons. The molecule has 17 heavy (non-hydrogen) atoms. The van der Waals surface area contributed by atoms with Gasteiger partial charge in [0.2, 0.25) is 5.88 Å². The van der Waals surface area contributed by atoms with E-state index in [-0.39, 0.29) is 5.84 Å². The van der Waals surface area contributed by atoms with E-state index in [1.54, 1.807) is 19.4 Å². The summed E-state index contributed by atoms with van der Waals surface area (Å²) in [5, 5.41) is 0. The highest BCUT2D eigenvalue weighted by Gasteiger charge is 2.00. The Morgan fingerprint density at radius 1 is 1.59 bits per heavy atom. The Kier molecular flexibility index (Phi) is 5.13. The molecule has 1 rings (SSSR count). The minimum Gasteiger partial charge on any atom is -0.481 e. The Balaban J connectivity index is 2.65. The van der Waals surface area contributed by atoms with Crippen LogP contribution in [0.4, 0.5) is 4.39 Å². The topological polar surface area (TPSA) is 60.5 Å². The lowest BCUT2D eigenvalue weighted by atomic mass is 10.3. The third kappa shape index (κ3) is 4.22. The molecule has 0 amide bonds. The number of ether oxygens (including phenoxy) is 1. The fourth-order valence-corrected chi connectivity index (χ4v) is 1.16. The maximum Gasteiger partial charge on any atom is 0.212 e. The van der Waals surface area contributed by atoms with Gasteiger partial charge < -0.3 is 10.5 Å². The van der Waals surface area contributed by atoms with Gasteiger partial charge in [0.15, 0.2) is 11.7 Å². The number of aliphatic imine (C=N–C) groups is 1. The molecule has 0 atom stereocenters. The van der Waals surface area contributed by atoms with Crippen LogP contribution in [0.2, 0.25) is 0 Å². The normalized spacial score (nSPS) is 12.6. The zero-order chi connectivity index (χ0) is 12.7. The van der Waals surface area contributed by atoms with Crippen LogP contribution in [0.25, 0.3) is 0 Å². The molecule has 0 bridgehead atoms. The number of nitrogens with zero attached hydrogens (tertiary/aromatic N) is 2. The van der Waals surface area contributed by atoms with Crippen molar-refractivity contribution in [2.45, 2.75) is 19.9 Å². The number of methoxy groups -OCH3 is 1. The van der Waals surface area contributed by atoms with Crippen molar-refractivity contribution in [3.8, 4) is 5.88 Å². The second-order valence-corrected chi connectivity index (χ2v) is 3.37. The zero-order valence-corrected chi connectivity index (χ0v) is 9.98. The molecule has 0 saturated heterocycles. The van der Waals surface area contributed by atoms with Crippen molar-refractivity contribution in [2.24, 2.45) is 10.7 Å². The smallest absolute Gasteiger partial charge is 0.212 e. The van der Waals surface area contributed by atoms with E-state index in [1.165, 1.54) is 6.08 Å². The first-order valence-corrected chi connectivity index (χ1v) is 5.32. The first kappa shape index (κ1) is 13.2. The fraction of sp³-hybridized carbons (Fsp3) is 0.333. The molecule has 1 heterocycles. The van der Waals surface area contributed by atoms with Gasteiger partial charge in [0.05, 0.1) is 13.7 Å². The summed E-state index contributed by atoms with van der Waals surface area (Å²) in [6, 6.07) is 3.53. The number of nitrogens with two attached hydrogens (primary N) is 1. The molecule has 0 aromatic carbocycles. The molecule has 1 aromatic rings. The van der Waals surface area contributed by atoms with E-state index in [9.17, 15) is 4.39 Å². The van der Waals surface area contributed by atoms with Crippen LogP contribution in [0.1, 0.15) is 18.9 Å². The average molecular weight is 237 g/mol. The Bertz CT molecular complexity index is 412. The van der Waals surface area contributed by atoms with Gasteiger partial charge in [0, 0.05) is 12.3 Å². The summed E-state index contributed by atoms with van der Waals surface area (Å²) in [6.45, 7) is 2.13. The van der Waals surface area contributed by atoms with Crippen LogP contribution in [0.3, 0.4) is 0 Å². The van der Waals surface area contributed by atoms with E-state index in [0.29, 0.717) is 18.8 Å². The van der Waals surface area contributed by atoms with Crippen molar-refractivity contribution in [2.75, 3.05) is 7.11 Å². The van der Waals surface area contributed by atoms with E-state index >= 15 is 0 Å². The summed E-state index contributed by atoms with van der Waals surface area (Å²) >= 11 is 0. The van der Waals surface area contributed by atoms with Gasteiger partial charge in [-0.05, 0) is 18.1 Å². The maximum atomic E-state index is 13.2. The molecule has 0 unspecified atom stereocenters. The molecule has 0 saturated carbocycles. The van der Waals surface area contributed by atoms with E-state index < -0.39 is 5.83 Å². The number of allylic oxidation sites excluding steroid dienone is 1. The number of amidine groups is 1. The Morgan fingerprint density at radius 3 is 2.88 bits per heavy atom. The molecule has 5 heteroatoms. The highest BCUT2D eigenvalue weighted by Crippen LogP contribution is 2.08. The van der Waals surface area contributed by atoms with Crippen molar-refractivity contribution in [1.29, 1.82) is 0 Å². The Hall–Kier alpha value is -1.91. The van der Waals surface area contributed by atoms with Crippen molar-refractivity contribution in [3.05, 3.63) is 35.8 Å². The molecule has 1 aromatic heterocycles. The number of pyridine rings is 1. The van der Waals surface area contributed by atoms with E-state index in [4.69, 9.17) is 10.5 Å². The van der Waals surface area contributed by atoms with E-state index in [0.717, 1.165) is 5.56 Å². The predicted molar refractivity (Wildman–Crippen MR) is 65.6 cm³/mol. The average Bonchev–Trinajstić information content (AvgIpc) is 2.36. The third-order valence-corrected chi connectivity index (χ3v) is 2.07. The first-order valence-electron chi connectivity index (χ1n) is 5.32. The largest absolute Gasteiger partial charge is 0.481 e. The second-order valence-electron chi connectivity index (χ2n) is 3.37. The molecule has 0 spiro atoms. The van der Waals surface area contributed by atoms with Gasteiger partial charge in [0.1, 0.15) is 0 Å². The molecule has 0 aliphatic carbocycles. The van der Waals surface area contributed by atoms with Crippen LogP contribution in [0, 0.1) is 0 Å². The molecule has 0 radical (unpaired) electrons. The summed E-state index contributed by atoms with van der Waals surface area (Å²) in [4.78, 5) is 7.95. The summed E-state index contributed by atoms with van der Waals surface area (Å²) in [5.41, 5.74) is 6.31. The quantitative estimate of drug-likeness (QED) is 0.631. The molecule has 0 aliphatic heterocycles. The van der Waals surface area contributed by atoms with Crippen LogP contribution in [0.15, 0.2) is 35.2 Å². The highest BCUT2D eigenvalue weighted by atomic mass is 19.1. The lowest BCUT2D eigenvalue weighted by molar-refractivity contribution is 0.397. The number of halogens is 1. The first-order chi connectivity index (χ1) is 8.17. The third-order valence-electron chi connectivity index (χ3n) is 2.07. The van der Waals surface area contributed by atoms with Crippen LogP contribution in [0.5, 0.6) is 5.88 Å². The van der Waals surface area contributed by atoms with Crippen LogP contribution in [-0.2, 0) is 6.54 Å². The summed E-state index contributed by atoms with van der Waals surface area (Å²) in [5.74, 6) is -0.0283. The molecule has 0 aliphatic rings. The molecular weight excluding hydrogens is 221 g/mol. The van der Waals surface area contributed by atoms with Gasteiger partial charge in [-0.15, -0.1) is 0 Å². The fourth-order valence-electron chi connectivity index (χ4n) is 1.16. The predicted octanol–water partition coefficient (Wildman–Crippen LogP) is 2.21. The van der Waals surface area contributed by atoms with Crippen molar-refractivity contribution in [3.63, 3.8) is 0 Å². The number of hydrogen-bond donors (Lipinski definition) is 1. The van der Waals surface area contributed by atoms with Crippen molar-refractivity contribution < 1.29 is 9.13 Å². The van der Waals surface area contributed by atoms with E-state index in [2.05, 4.69) is 9.98 Å². The minimum absolute atomic E-state index is 0.0809. The summed E-state index contributed by atoms with van der Waals surface area (Å²) in [6.07, 6.45) is 3.61. The van der Waals surface area contributed by atoms with Gasteiger partial charge in [-0.1, -0.05) is 13.0 Å². The zero-order valence-electron chi connectivity index (χ0n) is 9.98. The number of rotatable bonds is 5. The minimum atomic E-state index is -0.478. The summed E-state index contributed by atoms with van der Waals surface area (Å²) < 4.78 is 18.1. The second kappa shape index (κ2) is 6.62. The number of hydrogen-bond acceptors (Lipinski definition) is 3. The highest BCUT2D eigenvalue weighted by molar-refractivity contribution is 5.94. The van der Waals surface area contributed by atoms with Crippen LogP contribution >= 0.6 is 0 Å². The Morgan fingerprint density at radius 2 is 2.35 bits per heavy atom. The summed E-state index contributed by atoms with van der Waals surface area (Å²) in [7, 11) is 1.54. The van der Waals surface area contributed by atoms with Gasteiger partial charge in [-0.2, -0.15) is 0 Å². The molecule has 2 N–H and O–H groups in total. The number of aromatic nitrogens is 1. The van der Waals surface area contributed by atoms with Gasteiger partial charge in [-0.25, -0.2) is 9.37 Å².